The number of pyridine rings is 1. The van der Waals surface area contributed by atoms with Gasteiger partial charge in [0.15, 0.2) is 0 Å². The summed E-state index contributed by atoms with van der Waals surface area (Å²) < 4.78 is 0. The molecule has 0 atom stereocenters. The molecular weight excluding hydrogens is 234 g/mol. The zero-order valence-electron chi connectivity index (χ0n) is 11.6. The van der Waals surface area contributed by atoms with Crippen molar-refractivity contribution in [3.05, 3.63) is 54.9 Å². The lowest BCUT2D eigenvalue weighted by Crippen LogP contribution is -2.08. The molecule has 0 aliphatic heterocycles. The van der Waals surface area contributed by atoms with Gasteiger partial charge in [-0.1, -0.05) is 24.8 Å². The lowest BCUT2D eigenvalue weighted by atomic mass is 10.1. The van der Waals surface area contributed by atoms with Gasteiger partial charge in [0.05, 0.1) is 0 Å². The number of hydrogen-bond acceptors (Lipinski definition) is 3. The molecule has 98 valence electrons. The Hall–Kier alpha value is -2.29. The van der Waals surface area contributed by atoms with Gasteiger partial charge in [0.2, 0.25) is 0 Å². The topological polar surface area (TPSA) is 28.2 Å². The zero-order chi connectivity index (χ0) is 13.8. The van der Waals surface area contributed by atoms with Crippen LogP contribution in [0.4, 0.5) is 5.82 Å². The standard InChI is InChI=1S/C16H19N3/c1-5-15(19(4)6-2)12-7-8-13-11-18-16(17-3)10-14(13)9-12/h5-11H,2H2,1,3-4H3,(H,17,18)/b15-5-. The van der Waals surface area contributed by atoms with Gasteiger partial charge in [-0.2, -0.15) is 0 Å². The van der Waals surface area contributed by atoms with Crippen molar-refractivity contribution in [1.29, 1.82) is 0 Å². The zero-order valence-corrected chi connectivity index (χ0v) is 11.6. The molecule has 0 bridgehead atoms. The third-order valence-electron chi connectivity index (χ3n) is 3.20. The van der Waals surface area contributed by atoms with Gasteiger partial charge >= 0.3 is 0 Å². The highest BCUT2D eigenvalue weighted by molar-refractivity contribution is 5.87. The molecule has 2 aromatic rings. The quantitative estimate of drug-likeness (QED) is 0.900. The molecular formula is C16H19N3. The van der Waals surface area contributed by atoms with Crippen LogP contribution in [-0.4, -0.2) is 24.0 Å². The minimum atomic E-state index is 0.878. The van der Waals surface area contributed by atoms with E-state index in [2.05, 4.69) is 47.2 Å². The summed E-state index contributed by atoms with van der Waals surface area (Å²) in [7, 11) is 3.87. The van der Waals surface area contributed by atoms with Gasteiger partial charge in [-0.15, -0.1) is 0 Å². The number of fused-ring (bicyclic) bond motifs is 1. The van der Waals surface area contributed by atoms with E-state index in [1.54, 1.807) is 0 Å². The van der Waals surface area contributed by atoms with Crippen molar-refractivity contribution >= 4 is 22.3 Å². The molecule has 1 N–H and O–H groups in total. The summed E-state index contributed by atoms with van der Waals surface area (Å²) in [6, 6.07) is 8.43. The highest BCUT2D eigenvalue weighted by Gasteiger charge is 2.05. The molecule has 1 aromatic heterocycles. The van der Waals surface area contributed by atoms with Gasteiger partial charge in [-0.3, -0.25) is 0 Å². The van der Waals surface area contributed by atoms with Crippen molar-refractivity contribution in [2.24, 2.45) is 0 Å². The SMILES string of the molecule is C=CN(C)/C(=C\C)c1ccc2cnc(NC)cc2c1. The maximum Gasteiger partial charge on any atom is 0.126 e. The summed E-state index contributed by atoms with van der Waals surface area (Å²) >= 11 is 0. The van der Waals surface area contributed by atoms with E-state index in [9.17, 15) is 0 Å². The monoisotopic (exact) mass is 253 g/mol. The molecule has 0 aliphatic rings. The largest absolute Gasteiger partial charge is 0.373 e. The minimum absolute atomic E-state index is 0.878. The number of aromatic nitrogens is 1. The molecule has 0 radical (unpaired) electrons. The second kappa shape index (κ2) is 5.57. The first-order chi connectivity index (χ1) is 9.19. The Labute approximate surface area is 114 Å². The Kier molecular flexibility index (Phi) is 3.85. The van der Waals surface area contributed by atoms with Crippen molar-refractivity contribution in [2.75, 3.05) is 19.4 Å². The minimum Gasteiger partial charge on any atom is -0.373 e. The molecule has 0 spiro atoms. The summed E-state index contributed by atoms with van der Waals surface area (Å²) in [5.41, 5.74) is 2.31. The Balaban J connectivity index is 2.53. The molecule has 0 saturated carbocycles. The summed E-state index contributed by atoms with van der Waals surface area (Å²) in [5.74, 6) is 0.878. The summed E-state index contributed by atoms with van der Waals surface area (Å²) in [6.07, 6.45) is 5.78. The highest BCUT2D eigenvalue weighted by Crippen LogP contribution is 2.24. The molecule has 1 heterocycles. The van der Waals surface area contributed by atoms with Crippen molar-refractivity contribution in [1.82, 2.24) is 9.88 Å². The predicted molar refractivity (Wildman–Crippen MR) is 82.9 cm³/mol. The van der Waals surface area contributed by atoms with Crippen LogP contribution >= 0.6 is 0 Å². The maximum absolute atomic E-state index is 4.32. The normalized spacial score (nSPS) is 11.4. The number of hydrogen-bond donors (Lipinski definition) is 1. The second-order valence-corrected chi connectivity index (χ2v) is 4.35. The van der Waals surface area contributed by atoms with Crippen molar-refractivity contribution in [3.8, 4) is 0 Å². The summed E-state index contributed by atoms with van der Waals surface area (Å²) in [5, 5.41) is 5.38. The number of anilines is 1. The van der Waals surface area contributed by atoms with Gasteiger partial charge in [-0.05, 0) is 36.2 Å². The molecule has 3 heteroatoms. The van der Waals surface area contributed by atoms with Crippen LogP contribution in [0.3, 0.4) is 0 Å². The fourth-order valence-electron chi connectivity index (χ4n) is 2.11. The number of rotatable bonds is 4. The van der Waals surface area contributed by atoms with Crippen molar-refractivity contribution in [3.63, 3.8) is 0 Å². The van der Waals surface area contributed by atoms with Crippen LogP contribution in [-0.2, 0) is 0 Å². The fraction of sp³-hybridized carbons (Fsp3) is 0.188. The van der Waals surface area contributed by atoms with E-state index in [-0.39, 0.29) is 0 Å². The predicted octanol–water partition coefficient (Wildman–Crippen LogP) is 3.71. The molecule has 0 aliphatic carbocycles. The van der Waals surface area contributed by atoms with Gasteiger partial charge in [0.1, 0.15) is 5.82 Å². The van der Waals surface area contributed by atoms with Crippen molar-refractivity contribution in [2.45, 2.75) is 6.92 Å². The number of nitrogens with zero attached hydrogens (tertiary/aromatic N) is 2. The molecule has 0 saturated heterocycles. The number of allylic oxidation sites excluding steroid dienone is 1. The average Bonchev–Trinajstić information content (AvgIpc) is 2.46. The Morgan fingerprint density at radius 3 is 2.74 bits per heavy atom. The molecule has 0 fully saturated rings. The highest BCUT2D eigenvalue weighted by atomic mass is 15.1. The van der Waals surface area contributed by atoms with E-state index < -0.39 is 0 Å². The Bertz CT molecular complexity index is 629. The number of benzene rings is 1. The van der Waals surface area contributed by atoms with Crippen LogP contribution in [0, 0.1) is 0 Å². The lowest BCUT2D eigenvalue weighted by molar-refractivity contribution is 0.657. The lowest BCUT2D eigenvalue weighted by Gasteiger charge is -2.18. The van der Waals surface area contributed by atoms with Gasteiger partial charge in [-0.25, -0.2) is 4.98 Å². The molecule has 2 rings (SSSR count). The van der Waals surface area contributed by atoms with Crippen LogP contribution in [0.25, 0.3) is 16.5 Å². The van der Waals surface area contributed by atoms with E-state index in [1.807, 2.05) is 38.3 Å². The van der Waals surface area contributed by atoms with Crippen molar-refractivity contribution < 1.29 is 0 Å². The van der Waals surface area contributed by atoms with Gasteiger partial charge in [0.25, 0.3) is 0 Å². The summed E-state index contributed by atoms with van der Waals surface area (Å²) in [6.45, 7) is 5.84. The van der Waals surface area contributed by atoms with Crippen LogP contribution in [0.15, 0.2) is 49.3 Å². The van der Waals surface area contributed by atoms with E-state index in [0.29, 0.717) is 0 Å². The molecule has 3 nitrogen and oxygen atoms in total. The molecule has 0 unspecified atom stereocenters. The molecule has 0 amide bonds. The Morgan fingerprint density at radius 1 is 1.32 bits per heavy atom. The third-order valence-corrected chi connectivity index (χ3v) is 3.20. The van der Waals surface area contributed by atoms with E-state index in [4.69, 9.17) is 0 Å². The average molecular weight is 253 g/mol. The summed E-state index contributed by atoms with van der Waals surface area (Å²) in [4.78, 5) is 6.33. The van der Waals surface area contributed by atoms with E-state index in [1.165, 1.54) is 10.9 Å². The molecule has 1 aromatic carbocycles. The van der Waals surface area contributed by atoms with Gasteiger partial charge in [0, 0.05) is 31.4 Å². The van der Waals surface area contributed by atoms with E-state index >= 15 is 0 Å². The van der Waals surface area contributed by atoms with Crippen LogP contribution in [0.1, 0.15) is 12.5 Å². The first kappa shape index (κ1) is 13.1. The first-order valence-corrected chi connectivity index (χ1v) is 6.29. The van der Waals surface area contributed by atoms with E-state index in [0.717, 1.165) is 16.9 Å². The van der Waals surface area contributed by atoms with Crippen LogP contribution in [0.2, 0.25) is 0 Å². The smallest absolute Gasteiger partial charge is 0.126 e. The van der Waals surface area contributed by atoms with Crippen LogP contribution < -0.4 is 5.32 Å². The first-order valence-electron chi connectivity index (χ1n) is 6.29. The Morgan fingerprint density at radius 2 is 2.11 bits per heavy atom. The number of nitrogens with one attached hydrogen (secondary N) is 1. The second-order valence-electron chi connectivity index (χ2n) is 4.35. The van der Waals surface area contributed by atoms with Gasteiger partial charge < -0.3 is 10.2 Å². The fourth-order valence-corrected chi connectivity index (χ4v) is 2.11. The molecule has 19 heavy (non-hydrogen) atoms. The van der Waals surface area contributed by atoms with Crippen LogP contribution in [0.5, 0.6) is 0 Å². The third kappa shape index (κ3) is 2.60. The maximum atomic E-state index is 4.32.